The van der Waals surface area contributed by atoms with Crippen molar-refractivity contribution < 1.29 is 18.0 Å². The molecule has 1 atom stereocenters. The highest BCUT2D eigenvalue weighted by molar-refractivity contribution is 7.90. The number of carbonyl (C=O) groups is 2. The van der Waals surface area contributed by atoms with Crippen LogP contribution in [0.5, 0.6) is 0 Å². The highest BCUT2D eigenvalue weighted by atomic mass is 32.2. The molecule has 0 aromatic heterocycles. The first-order valence-electron chi connectivity index (χ1n) is 12.9. The fourth-order valence-electron chi connectivity index (χ4n) is 5.39. The maximum Gasteiger partial charge on any atom is 0.229 e. The van der Waals surface area contributed by atoms with E-state index in [0.717, 1.165) is 63.0 Å². The lowest BCUT2D eigenvalue weighted by Crippen LogP contribution is -2.45. The Morgan fingerprint density at radius 2 is 1.64 bits per heavy atom. The Morgan fingerprint density at radius 3 is 2.25 bits per heavy atom. The van der Waals surface area contributed by atoms with Crippen molar-refractivity contribution >= 4 is 21.7 Å². The van der Waals surface area contributed by atoms with Crippen molar-refractivity contribution in [3.05, 3.63) is 65.7 Å². The second-order valence-corrected chi connectivity index (χ2v) is 12.2. The normalized spacial score (nSPS) is 18.9. The molecule has 0 aliphatic carbocycles. The van der Waals surface area contributed by atoms with Crippen LogP contribution in [0.15, 0.2) is 59.5 Å². The lowest BCUT2D eigenvalue weighted by atomic mass is 9.77. The quantitative estimate of drug-likeness (QED) is 0.556. The summed E-state index contributed by atoms with van der Waals surface area (Å²) < 4.78 is 23.4. The number of piperidine rings is 1. The molecule has 4 rings (SSSR count). The van der Waals surface area contributed by atoms with Crippen LogP contribution >= 0.6 is 0 Å². The minimum atomic E-state index is -3.22. The highest BCUT2D eigenvalue weighted by Crippen LogP contribution is 2.42. The Kier molecular flexibility index (Phi) is 8.15. The number of rotatable bonds is 9. The first kappa shape index (κ1) is 26.4. The number of likely N-dealkylation sites (tertiary alicyclic amines) is 2. The number of sulfone groups is 1. The Morgan fingerprint density at radius 1 is 1.00 bits per heavy atom. The van der Waals surface area contributed by atoms with Crippen molar-refractivity contribution in [2.45, 2.75) is 56.5 Å². The number of benzene rings is 2. The summed E-state index contributed by atoms with van der Waals surface area (Å²) in [6.45, 7) is 5.77. The van der Waals surface area contributed by atoms with Gasteiger partial charge in [-0.1, -0.05) is 49.4 Å². The van der Waals surface area contributed by atoms with E-state index in [1.807, 2.05) is 30.0 Å². The van der Waals surface area contributed by atoms with Gasteiger partial charge in [-0.25, -0.2) is 8.42 Å². The van der Waals surface area contributed by atoms with Crippen LogP contribution in [0.3, 0.4) is 0 Å². The average Bonchev–Trinajstić information content (AvgIpc) is 3.17. The van der Waals surface area contributed by atoms with Gasteiger partial charge < -0.3 is 15.1 Å². The number of nitrogens with zero attached hydrogens (tertiary/aromatic N) is 2. The summed E-state index contributed by atoms with van der Waals surface area (Å²) in [6, 6.07) is 16.9. The van der Waals surface area contributed by atoms with Gasteiger partial charge in [-0.2, -0.15) is 0 Å². The topological polar surface area (TPSA) is 86.8 Å². The zero-order valence-electron chi connectivity index (χ0n) is 21.3. The molecular weight excluding hydrogens is 474 g/mol. The van der Waals surface area contributed by atoms with E-state index in [0.29, 0.717) is 17.9 Å². The fraction of sp³-hybridized carbons (Fsp3) is 0.500. The van der Waals surface area contributed by atoms with E-state index in [-0.39, 0.29) is 23.3 Å². The Labute approximate surface area is 214 Å². The Hall–Kier alpha value is -2.71. The van der Waals surface area contributed by atoms with Gasteiger partial charge in [0.1, 0.15) is 0 Å². The Bertz CT molecular complexity index is 1160. The van der Waals surface area contributed by atoms with Crippen LogP contribution in [-0.2, 0) is 26.0 Å². The van der Waals surface area contributed by atoms with E-state index in [2.05, 4.69) is 22.3 Å². The second kappa shape index (κ2) is 11.1. The molecule has 2 fully saturated rings. The number of amides is 2. The summed E-state index contributed by atoms with van der Waals surface area (Å²) in [7, 11) is -3.22. The molecule has 194 valence electrons. The summed E-state index contributed by atoms with van der Waals surface area (Å²) >= 11 is 0. The third-order valence-electron chi connectivity index (χ3n) is 7.73. The molecule has 7 nitrogen and oxygen atoms in total. The van der Waals surface area contributed by atoms with Gasteiger partial charge in [0, 0.05) is 32.3 Å². The minimum absolute atomic E-state index is 0.00720. The molecule has 0 saturated carbocycles. The zero-order chi connectivity index (χ0) is 25.8. The Balaban J connectivity index is 1.30. The lowest BCUT2D eigenvalue weighted by molar-refractivity contribution is -0.139. The van der Waals surface area contributed by atoms with E-state index >= 15 is 0 Å². The fourth-order valence-corrected chi connectivity index (χ4v) is 6.02. The second-order valence-electron chi connectivity index (χ2n) is 10.2. The van der Waals surface area contributed by atoms with Crippen LogP contribution in [0.1, 0.15) is 56.2 Å². The third kappa shape index (κ3) is 6.16. The maximum absolute atomic E-state index is 13.4. The monoisotopic (exact) mass is 511 g/mol. The molecule has 2 aromatic carbocycles. The van der Waals surface area contributed by atoms with Gasteiger partial charge in [-0.3, -0.25) is 9.59 Å². The summed E-state index contributed by atoms with van der Waals surface area (Å²) in [6.07, 6.45) is 5.09. The largest absolute Gasteiger partial charge is 0.349 e. The summed E-state index contributed by atoms with van der Waals surface area (Å²) in [5, 5.41) is 3.16. The number of hydrogen-bond donors (Lipinski definition) is 1. The predicted octanol–water partition coefficient (Wildman–Crippen LogP) is 3.56. The lowest BCUT2D eigenvalue weighted by Gasteiger charge is -2.38. The molecule has 8 heteroatoms. The van der Waals surface area contributed by atoms with Gasteiger partial charge in [-0.05, 0) is 62.0 Å². The van der Waals surface area contributed by atoms with Crippen LogP contribution in [0.2, 0.25) is 0 Å². The molecular formula is C28H37N3O4S. The van der Waals surface area contributed by atoms with Crippen LogP contribution in [0, 0.1) is 5.41 Å². The average molecular weight is 512 g/mol. The zero-order valence-corrected chi connectivity index (χ0v) is 22.1. The van der Waals surface area contributed by atoms with Gasteiger partial charge >= 0.3 is 0 Å². The molecule has 2 saturated heterocycles. The number of hydrogen-bond acceptors (Lipinski definition) is 5. The van der Waals surface area contributed by atoms with Gasteiger partial charge in [0.25, 0.3) is 0 Å². The van der Waals surface area contributed by atoms with Crippen LogP contribution in [0.4, 0.5) is 0 Å². The molecule has 0 radical (unpaired) electrons. The molecule has 2 aliphatic rings. The van der Waals surface area contributed by atoms with Gasteiger partial charge in [0.15, 0.2) is 9.84 Å². The van der Waals surface area contributed by atoms with Gasteiger partial charge in [-0.15, -0.1) is 0 Å². The molecule has 0 unspecified atom stereocenters. The van der Waals surface area contributed by atoms with Crippen molar-refractivity contribution in [2.24, 2.45) is 5.41 Å². The van der Waals surface area contributed by atoms with Crippen LogP contribution in [0.25, 0.3) is 0 Å². The summed E-state index contributed by atoms with van der Waals surface area (Å²) in [5.41, 5.74) is 1.80. The minimum Gasteiger partial charge on any atom is -0.349 e. The molecule has 2 aliphatic heterocycles. The van der Waals surface area contributed by atoms with Crippen molar-refractivity contribution in [2.75, 3.05) is 32.4 Å². The molecule has 2 amide bonds. The maximum atomic E-state index is 13.4. The third-order valence-corrected chi connectivity index (χ3v) is 8.86. The molecule has 0 bridgehead atoms. The number of carbonyl (C=O) groups excluding carboxylic acids is 2. The van der Waals surface area contributed by atoms with E-state index in [1.54, 1.807) is 24.3 Å². The number of nitrogens with one attached hydrogen (secondary N) is 1. The van der Waals surface area contributed by atoms with Crippen molar-refractivity contribution in [3.63, 3.8) is 0 Å². The van der Waals surface area contributed by atoms with E-state index in [4.69, 9.17) is 0 Å². The molecule has 1 N–H and O–H groups in total. The van der Waals surface area contributed by atoms with Crippen molar-refractivity contribution in [1.29, 1.82) is 0 Å². The smallest absolute Gasteiger partial charge is 0.229 e. The molecule has 2 aromatic rings. The van der Waals surface area contributed by atoms with Gasteiger partial charge in [0.2, 0.25) is 11.8 Å². The molecule has 2 heterocycles. The van der Waals surface area contributed by atoms with Crippen molar-refractivity contribution in [1.82, 2.24) is 15.1 Å². The SMILES string of the molecule is CCC(=O)N[C@@H](CCN1CCC2(CC1)CCN(Cc1ccc(S(C)(=O)=O)cc1)C2=O)c1ccccc1. The molecule has 36 heavy (non-hydrogen) atoms. The van der Waals surface area contributed by atoms with E-state index < -0.39 is 9.84 Å². The summed E-state index contributed by atoms with van der Waals surface area (Å²) in [5.74, 6) is 0.288. The predicted molar refractivity (Wildman–Crippen MR) is 140 cm³/mol. The van der Waals surface area contributed by atoms with E-state index in [1.165, 1.54) is 6.26 Å². The van der Waals surface area contributed by atoms with Gasteiger partial charge in [0.05, 0.1) is 16.4 Å². The van der Waals surface area contributed by atoms with E-state index in [9.17, 15) is 18.0 Å². The highest BCUT2D eigenvalue weighted by Gasteiger charge is 2.47. The van der Waals surface area contributed by atoms with Crippen molar-refractivity contribution in [3.8, 4) is 0 Å². The first-order chi connectivity index (χ1) is 17.2. The summed E-state index contributed by atoms with van der Waals surface area (Å²) in [4.78, 5) is 30.1. The van der Waals surface area contributed by atoms with Crippen LogP contribution < -0.4 is 5.32 Å². The van der Waals surface area contributed by atoms with Crippen LogP contribution in [-0.4, -0.2) is 62.5 Å². The molecule has 1 spiro atoms. The first-order valence-corrected chi connectivity index (χ1v) is 14.7. The standard InChI is InChI=1S/C28H37N3O4S/c1-3-26(32)29-25(23-7-5-4-6-8-23)13-17-30-18-14-28(15-19-30)16-20-31(27(28)33)21-22-9-11-24(12-10-22)36(2,34)35/h4-12,25H,3,13-21H2,1-2H3,(H,29,32)/t25-/m0/s1.